The van der Waals surface area contributed by atoms with Crippen LogP contribution < -0.4 is 10.6 Å². The molecule has 1 aromatic carbocycles. The van der Waals surface area contributed by atoms with Gasteiger partial charge in [0.15, 0.2) is 0 Å². The zero-order valence-corrected chi connectivity index (χ0v) is 11.3. The molecule has 1 fully saturated rings. The number of benzene rings is 1. The van der Waals surface area contributed by atoms with Crippen molar-refractivity contribution in [3.05, 3.63) is 29.6 Å². The fraction of sp³-hybridized carbons (Fsp3) is 0.467. The lowest BCUT2D eigenvalue weighted by Crippen LogP contribution is -2.33. The van der Waals surface area contributed by atoms with Gasteiger partial charge in [-0.15, -0.1) is 0 Å². The van der Waals surface area contributed by atoms with Gasteiger partial charge >= 0.3 is 0 Å². The highest BCUT2D eigenvalue weighted by molar-refractivity contribution is 5.76. The first-order chi connectivity index (χ1) is 9.69. The molecule has 0 radical (unpaired) electrons. The number of hydrogen-bond donors (Lipinski definition) is 2. The van der Waals surface area contributed by atoms with Gasteiger partial charge in [-0.1, -0.05) is 12.8 Å². The van der Waals surface area contributed by atoms with E-state index >= 15 is 0 Å². The molecule has 1 aliphatic carbocycles. The van der Waals surface area contributed by atoms with Gasteiger partial charge in [0.05, 0.1) is 17.3 Å². The van der Waals surface area contributed by atoms with Gasteiger partial charge in [0.2, 0.25) is 5.91 Å². The van der Waals surface area contributed by atoms with Gasteiger partial charge in [-0.05, 0) is 31.0 Å². The van der Waals surface area contributed by atoms with Crippen molar-refractivity contribution in [2.75, 3.05) is 11.9 Å². The van der Waals surface area contributed by atoms with Crippen LogP contribution in [0.15, 0.2) is 18.2 Å². The Morgan fingerprint density at radius 1 is 1.40 bits per heavy atom. The lowest BCUT2D eigenvalue weighted by atomic mass is 10.2. The van der Waals surface area contributed by atoms with Crippen LogP contribution >= 0.6 is 0 Å². The Morgan fingerprint density at radius 2 is 2.15 bits per heavy atom. The van der Waals surface area contributed by atoms with Crippen LogP contribution in [-0.4, -0.2) is 18.5 Å². The molecule has 4 nitrogen and oxygen atoms in total. The molecule has 0 aliphatic heterocycles. The number of nitrogens with zero attached hydrogens (tertiary/aromatic N) is 1. The quantitative estimate of drug-likeness (QED) is 0.868. The molecule has 1 aliphatic rings. The number of amides is 1. The molecular weight excluding hydrogens is 257 g/mol. The van der Waals surface area contributed by atoms with E-state index in [4.69, 9.17) is 5.26 Å². The first kappa shape index (κ1) is 14.3. The molecule has 5 heteroatoms. The summed E-state index contributed by atoms with van der Waals surface area (Å²) in [5.74, 6) is -0.473. The molecule has 0 atom stereocenters. The zero-order chi connectivity index (χ0) is 14.4. The standard InChI is InChI=1S/C15H18FN3O/c16-13-9-11(10-17)5-6-14(13)18-8-7-15(20)19-12-3-1-2-4-12/h5-6,9,12,18H,1-4,7-8H2,(H,19,20). The highest BCUT2D eigenvalue weighted by Crippen LogP contribution is 2.18. The average molecular weight is 275 g/mol. The maximum atomic E-state index is 13.6. The van der Waals surface area contributed by atoms with Crippen LogP contribution in [-0.2, 0) is 4.79 Å². The van der Waals surface area contributed by atoms with Gasteiger partial charge in [-0.2, -0.15) is 5.26 Å². The summed E-state index contributed by atoms with van der Waals surface area (Å²) < 4.78 is 13.6. The smallest absolute Gasteiger partial charge is 0.221 e. The minimum Gasteiger partial charge on any atom is -0.382 e. The number of nitrogens with one attached hydrogen (secondary N) is 2. The molecule has 0 bridgehead atoms. The maximum absolute atomic E-state index is 13.6. The molecule has 0 aromatic heterocycles. The second-order valence-electron chi connectivity index (χ2n) is 5.03. The molecule has 2 N–H and O–H groups in total. The SMILES string of the molecule is N#Cc1ccc(NCCC(=O)NC2CCCC2)c(F)c1. The van der Waals surface area contributed by atoms with Gasteiger partial charge < -0.3 is 10.6 Å². The van der Waals surface area contributed by atoms with Crippen molar-refractivity contribution in [1.29, 1.82) is 5.26 Å². The van der Waals surface area contributed by atoms with Crippen LogP contribution in [0, 0.1) is 17.1 Å². The van der Waals surface area contributed by atoms with Gasteiger partial charge in [0.25, 0.3) is 0 Å². The molecular formula is C15H18FN3O. The summed E-state index contributed by atoms with van der Waals surface area (Å²) in [5.41, 5.74) is 0.602. The van der Waals surface area contributed by atoms with E-state index in [-0.39, 0.29) is 11.5 Å². The predicted octanol–water partition coefficient (Wildman–Crippen LogP) is 2.56. The molecule has 0 heterocycles. The molecule has 0 unspecified atom stereocenters. The Kier molecular flexibility index (Phi) is 4.94. The number of nitriles is 1. The molecule has 0 spiro atoms. The Hall–Kier alpha value is -2.09. The fourth-order valence-electron chi connectivity index (χ4n) is 2.41. The maximum Gasteiger partial charge on any atom is 0.221 e. The van der Waals surface area contributed by atoms with Crippen molar-refractivity contribution in [3.8, 4) is 6.07 Å². The highest BCUT2D eigenvalue weighted by Gasteiger charge is 2.16. The van der Waals surface area contributed by atoms with E-state index in [1.54, 1.807) is 6.07 Å². The van der Waals surface area contributed by atoms with E-state index in [1.165, 1.54) is 25.0 Å². The van der Waals surface area contributed by atoms with E-state index in [2.05, 4.69) is 10.6 Å². The summed E-state index contributed by atoms with van der Waals surface area (Å²) in [6, 6.07) is 6.44. The number of rotatable bonds is 5. The van der Waals surface area contributed by atoms with Crippen LogP contribution in [0.4, 0.5) is 10.1 Å². The van der Waals surface area contributed by atoms with Crippen molar-refractivity contribution in [2.24, 2.45) is 0 Å². The van der Waals surface area contributed by atoms with E-state index in [0.29, 0.717) is 24.7 Å². The third-order valence-electron chi connectivity index (χ3n) is 3.49. The minimum absolute atomic E-state index is 0.00143. The van der Waals surface area contributed by atoms with Crippen molar-refractivity contribution < 1.29 is 9.18 Å². The number of halogens is 1. The summed E-state index contributed by atoms with van der Waals surface area (Å²) in [6.07, 6.45) is 4.79. The van der Waals surface area contributed by atoms with Crippen LogP contribution in [0.25, 0.3) is 0 Å². The van der Waals surface area contributed by atoms with E-state index in [0.717, 1.165) is 12.8 Å². The highest BCUT2D eigenvalue weighted by atomic mass is 19.1. The summed E-state index contributed by atoms with van der Waals surface area (Å²) in [5, 5.41) is 14.5. The topological polar surface area (TPSA) is 64.9 Å². The summed E-state index contributed by atoms with van der Waals surface area (Å²) >= 11 is 0. The third kappa shape index (κ3) is 3.95. The second kappa shape index (κ2) is 6.90. The average Bonchev–Trinajstić information content (AvgIpc) is 2.93. The normalized spacial score (nSPS) is 14.8. The van der Waals surface area contributed by atoms with Crippen LogP contribution in [0.5, 0.6) is 0 Å². The summed E-state index contributed by atoms with van der Waals surface area (Å²) in [6.45, 7) is 0.376. The largest absolute Gasteiger partial charge is 0.382 e. The molecule has 106 valence electrons. The second-order valence-corrected chi connectivity index (χ2v) is 5.03. The van der Waals surface area contributed by atoms with E-state index < -0.39 is 5.82 Å². The number of carbonyl (C=O) groups excluding carboxylic acids is 1. The van der Waals surface area contributed by atoms with Gasteiger partial charge in [0, 0.05) is 19.0 Å². The van der Waals surface area contributed by atoms with Crippen LogP contribution in [0.3, 0.4) is 0 Å². The zero-order valence-electron chi connectivity index (χ0n) is 11.3. The molecule has 0 saturated heterocycles. The molecule has 1 saturated carbocycles. The Bertz CT molecular complexity index is 518. The summed E-state index contributed by atoms with van der Waals surface area (Å²) in [4.78, 5) is 11.7. The summed E-state index contributed by atoms with van der Waals surface area (Å²) in [7, 11) is 0. The monoisotopic (exact) mass is 275 g/mol. The van der Waals surface area contributed by atoms with Crippen molar-refractivity contribution >= 4 is 11.6 Å². The number of carbonyl (C=O) groups is 1. The first-order valence-electron chi connectivity index (χ1n) is 6.92. The van der Waals surface area contributed by atoms with Crippen molar-refractivity contribution in [1.82, 2.24) is 5.32 Å². The van der Waals surface area contributed by atoms with Crippen molar-refractivity contribution in [3.63, 3.8) is 0 Å². The third-order valence-corrected chi connectivity index (χ3v) is 3.49. The molecule has 1 aromatic rings. The fourth-order valence-corrected chi connectivity index (χ4v) is 2.41. The molecule has 1 amide bonds. The Morgan fingerprint density at radius 3 is 2.80 bits per heavy atom. The lowest BCUT2D eigenvalue weighted by Gasteiger charge is -2.12. The Labute approximate surface area is 118 Å². The van der Waals surface area contributed by atoms with Crippen molar-refractivity contribution in [2.45, 2.75) is 38.1 Å². The molecule has 2 rings (SSSR count). The number of anilines is 1. The van der Waals surface area contributed by atoms with Gasteiger partial charge in [-0.3, -0.25) is 4.79 Å². The minimum atomic E-state index is -0.472. The van der Waals surface area contributed by atoms with E-state index in [9.17, 15) is 9.18 Å². The Balaban J connectivity index is 1.75. The predicted molar refractivity (Wildman–Crippen MR) is 74.6 cm³/mol. The number of hydrogen-bond acceptors (Lipinski definition) is 3. The lowest BCUT2D eigenvalue weighted by molar-refractivity contribution is -0.121. The van der Waals surface area contributed by atoms with Crippen LogP contribution in [0.2, 0.25) is 0 Å². The first-order valence-corrected chi connectivity index (χ1v) is 6.92. The molecule has 20 heavy (non-hydrogen) atoms. The van der Waals surface area contributed by atoms with Gasteiger partial charge in [0.1, 0.15) is 5.82 Å². The van der Waals surface area contributed by atoms with E-state index in [1.807, 2.05) is 6.07 Å². The van der Waals surface area contributed by atoms with Gasteiger partial charge in [-0.25, -0.2) is 4.39 Å². The van der Waals surface area contributed by atoms with Crippen LogP contribution in [0.1, 0.15) is 37.7 Å².